The number of para-hydroxylation sites is 9. The number of nitrogens with zero attached hydrogens (tertiary/aromatic N) is 6. The molecular formula is C69H44N6Si. The van der Waals surface area contributed by atoms with Crippen LogP contribution >= 0.6 is 0 Å². The van der Waals surface area contributed by atoms with E-state index in [1.807, 2.05) is 0 Å². The van der Waals surface area contributed by atoms with Gasteiger partial charge in [0.25, 0.3) is 0 Å². The van der Waals surface area contributed by atoms with Crippen LogP contribution in [0.5, 0.6) is 0 Å². The zero-order valence-electron chi connectivity index (χ0n) is 81.7. The van der Waals surface area contributed by atoms with Crippen LogP contribution in [0.4, 0.5) is 0 Å². The Kier molecular flexibility index (Phi) is 3.89. The normalized spacial score (nSPS) is 22.2. The van der Waals surface area contributed by atoms with E-state index in [-0.39, 0.29) is 0 Å². The Morgan fingerprint density at radius 3 is 1.22 bits per heavy atom. The fourth-order valence-corrected chi connectivity index (χ4v) is 14.1. The summed E-state index contributed by atoms with van der Waals surface area (Å²) in [5, 5.41) is -8.87. The quantitative estimate of drug-likeness (QED) is 0.150. The molecule has 0 bridgehead atoms. The van der Waals surface area contributed by atoms with E-state index >= 15 is 0 Å². The van der Waals surface area contributed by atoms with Gasteiger partial charge in [-0.2, -0.15) is 0 Å². The van der Waals surface area contributed by atoms with Crippen molar-refractivity contribution >= 4 is 94.2 Å². The van der Waals surface area contributed by atoms with Crippen LogP contribution in [-0.2, 0) is 0 Å². The highest BCUT2D eigenvalue weighted by molar-refractivity contribution is 7.21. The van der Waals surface area contributed by atoms with Gasteiger partial charge in [-0.3, -0.25) is 0 Å². The number of hydrogen-bond acceptors (Lipinski definition) is 3. The van der Waals surface area contributed by atoms with Crippen LogP contribution in [0.3, 0.4) is 0 Å². The van der Waals surface area contributed by atoms with E-state index < -0.39 is 411 Å². The van der Waals surface area contributed by atoms with E-state index in [0.717, 1.165) is 4.57 Å². The van der Waals surface area contributed by atoms with Crippen LogP contribution < -0.4 is 20.7 Å². The minimum Gasteiger partial charge on any atom is -0.309 e. The molecule has 15 aromatic rings. The smallest absolute Gasteiger partial charge is 0.184 e. The molecule has 0 fully saturated rings. The van der Waals surface area contributed by atoms with E-state index in [4.69, 9.17) is 15.1 Å². The molecule has 354 valence electrons. The zero-order valence-corrected chi connectivity index (χ0v) is 38.7. The summed E-state index contributed by atoms with van der Waals surface area (Å²) < 4.78 is 421. The Hall–Kier alpha value is -9.95. The maximum Gasteiger partial charge on any atom is 0.184 e. The lowest BCUT2D eigenvalue weighted by atomic mass is 10.1. The van der Waals surface area contributed by atoms with Crippen molar-refractivity contribution in [2.45, 2.75) is 0 Å². The monoisotopic (exact) mass is 1030 g/mol. The maximum atomic E-state index is 11.1. The lowest BCUT2D eigenvalue weighted by molar-refractivity contribution is 1.06. The molecule has 0 spiro atoms. The van der Waals surface area contributed by atoms with Gasteiger partial charge in [0.2, 0.25) is 0 Å². The van der Waals surface area contributed by atoms with E-state index in [0.29, 0.717) is 9.13 Å². The average Bonchev–Trinajstić information content (AvgIpc) is 1.27. The Balaban J connectivity index is 1.20. The van der Waals surface area contributed by atoms with Gasteiger partial charge in [0.1, 0.15) is 0 Å². The van der Waals surface area contributed by atoms with E-state index in [1.54, 1.807) is 0 Å². The van der Waals surface area contributed by atoms with Gasteiger partial charge in [-0.25, -0.2) is 15.0 Å². The molecule has 0 radical (unpaired) electrons. The van der Waals surface area contributed by atoms with Crippen LogP contribution in [0.1, 0.15) is 60.3 Å². The second kappa shape index (κ2) is 16.5. The number of rotatable bonds is 7. The minimum atomic E-state index is -6.67. The molecule has 4 aromatic heterocycles. The molecule has 11 aromatic carbocycles. The Morgan fingerprint density at radius 1 is 0.289 bits per heavy atom. The van der Waals surface area contributed by atoms with Crippen molar-refractivity contribution in [1.29, 1.82) is 0 Å². The summed E-state index contributed by atoms with van der Waals surface area (Å²) in [6.45, 7) is 0. The van der Waals surface area contributed by atoms with Crippen molar-refractivity contribution in [1.82, 2.24) is 28.7 Å². The number of benzene rings is 11. The molecule has 0 N–H and O–H groups in total. The summed E-state index contributed by atoms with van der Waals surface area (Å²) in [6.07, 6.45) is 0. The molecule has 7 heteroatoms. The second-order valence-corrected chi connectivity index (χ2v) is 20.1. The van der Waals surface area contributed by atoms with Crippen LogP contribution in [0.15, 0.2) is 266 Å². The fourth-order valence-electron chi connectivity index (χ4n) is 9.91. The lowest BCUT2D eigenvalue weighted by Gasteiger charge is -2.39. The molecule has 1 aliphatic rings. The van der Waals surface area contributed by atoms with Crippen molar-refractivity contribution in [3.8, 4) is 51.2 Å². The molecule has 16 rings (SSSR count). The van der Waals surface area contributed by atoms with Crippen molar-refractivity contribution in [2.75, 3.05) is 0 Å². The summed E-state index contributed by atoms with van der Waals surface area (Å²) in [5.41, 5.74) is -12.0. The highest BCUT2D eigenvalue weighted by Crippen LogP contribution is 2.40. The molecule has 1 aliphatic heterocycles. The lowest BCUT2D eigenvalue weighted by Crippen LogP contribution is -2.76. The first-order valence-corrected chi connectivity index (χ1v) is 24.4. The number of fused-ring (bicyclic) bond motifs is 11. The van der Waals surface area contributed by atoms with E-state index in [1.165, 1.54) is 0 Å². The third-order valence-electron chi connectivity index (χ3n) is 12.9. The van der Waals surface area contributed by atoms with Gasteiger partial charge in [0.15, 0.2) is 25.5 Å². The van der Waals surface area contributed by atoms with Gasteiger partial charge in [-0.05, 0) is 81.2 Å². The Morgan fingerprint density at radius 2 is 0.671 bits per heavy atom. The number of hydrogen-bond donors (Lipinski definition) is 0. The molecule has 0 aliphatic carbocycles. The predicted molar refractivity (Wildman–Crippen MR) is 316 cm³/mol. The first-order chi connectivity index (χ1) is 56.0. The maximum absolute atomic E-state index is 11.1. The SMILES string of the molecule is [2H]c1c([2H])c([2H])c([Si]2(c3c([2H])c([2H])c([2H])c(-c4nc(-c5c([2H])c([2H])c([2H])c([2H])c5-n5c6c([2H])c([2H])c([2H])c([2H])c6c6c([2H])c([2H])c([2H])c([2H])c65)nc(-c5c([2H])c([2H])c([2H])c([2H])c5-n5c6c([2H])c([2H])c([2H])c([2H])c6c6c([2H])c([2H])c([2H])c([2H])c65)n4)c3[2H])c3c([2H])c([2H])c([2H])c([2H])c3-n3c4c([2H])c([2H])c([2H])c([2H])c4c4c([2H])c([2H])c([2H])c2c43)c([2H])c1[2H]. The molecule has 5 heterocycles. The van der Waals surface area contributed by atoms with Gasteiger partial charge < -0.3 is 13.7 Å². The van der Waals surface area contributed by atoms with Crippen molar-refractivity contribution in [3.05, 3.63) is 266 Å². The van der Waals surface area contributed by atoms with Crippen LogP contribution in [-0.4, -0.2) is 36.7 Å². The van der Waals surface area contributed by atoms with Crippen molar-refractivity contribution in [3.63, 3.8) is 0 Å². The largest absolute Gasteiger partial charge is 0.309 e. The standard InChI is InChI=1S/C69H44N6Si/c1-2-23-46(24-3-1)76(64-42-19-18-41-63(64)75-60-38-15-8-30-52(60)53-33-21-43-65(76)66(53)75)47-25-20-22-45(44-47)67-70-68(54-31-9-16-39-61(54)73-56-34-11-4-26-48(56)49-27-5-12-35-57(49)73)72-69(71-67)55-32-10-17-40-62(55)74-58-36-13-6-28-50(58)51-29-7-14-37-59(51)74/h1-44H/i1D,2D,3D,4D,5D,6D,7D,8D,9D,10D,11D,12D,13D,14D,15D,16D,17D,18D,19D,20D,21D,22D,23D,24D,25D,26D,27D,28D,29D,30D,31D,32D,33D,34D,35D,36D,37D,38D,39D,40D,41D,42D,43D,44D. The number of aromatic nitrogens is 6. The van der Waals surface area contributed by atoms with Gasteiger partial charge in [0.05, 0.1) is 105 Å². The van der Waals surface area contributed by atoms with Crippen molar-refractivity contribution < 1.29 is 60.3 Å². The second-order valence-electron chi connectivity index (χ2n) is 16.6. The van der Waals surface area contributed by atoms with E-state index in [2.05, 4.69) is 15.0 Å². The van der Waals surface area contributed by atoms with E-state index in [9.17, 15) is 45.2 Å². The summed E-state index contributed by atoms with van der Waals surface area (Å²) >= 11 is 0. The highest BCUT2D eigenvalue weighted by atomic mass is 28.3. The summed E-state index contributed by atoms with van der Waals surface area (Å²) in [4.78, 5) is 14.0. The summed E-state index contributed by atoms with van der Waals surface area (Å²) in [6, 6.07) is -52.2. The Bertz CT molecular complexity index is 7110. The molecule has 0 amide bonds. The van der Waals surface area contributed by atoms with Crippen LogP contribution in [0, 0.1) is 0 Å². The third kappa shape index (κ3) is 6.00. The topological polar surface area (TPSA) is 53.5 Å². The first-order valence-electron chi connectivity index (χ1n) is 44.4. The molecule has 0 saturated heterocycles. The summed E-state index contributed by atoms with van der Waals surface area (Å²) in [7, 11) is -6.67. The molecule has 1 atom stereocenters. The molecule has 76 heavy (non-hydrogen) atoms. The van der Waals surface area contributed by atoms with Gasteiger partial charge >= 0.3 is 0 Å². The molecular weight excluding hydrogens is 941 g/mol. The predicted octanol–water partition coefficient (Wildman–Crippen LogP) is 13.9. The molecule has 0 saturated carbocycles. The van der Waals surface area contributed by atoms with Gasteiger partial charge in [-0.15, -0.1) is 0 Å². The fraction of sp³-hybridized carbons (Fsp3) is 0. The summed E-state index contributed by atoms with van der Waals surface area (Å²) in [5.74, 6) is -4.15. The van der Waals surface area contributed by atoms with Crippen LogP contribution in [0.2, 0.25) is 0 Å². The first kappa shape index (κ1) is 17.9. The van der Waals surface area contributed by atoms with Crippen molar-refractivity contribution in [2.24, 2.45) is 0 Å². The zero-order chi connectivity index (χ0) is 88.2. The highest BCUT2D eigenvalue weighted by Gasteiger charge is 2.48. The minimum absolute atomic E-state index is 0.568. The average molecular weight is 1030 g/mol. The third-order valence-corrected chi connectivity index (χ3v) is 17.1. The van der Waals surface area contributed by atoms with Crippen LogP contribution in [0.25, 0.3) is 117 Å². The Labute approximate surface area is 500 Å². The molecule has 6 nitrogen and oxygen atoms in total. The molecule has 1 unspecified atom stereocenters. The van der Waals surface area contributed by atoms with Gasteiger partial charge in [-0.1, -0.05) is 205 Å². The van der Waals surface area contributed by atoms with Gasteiger partial charge in [0, 0.05) is 54.7 Å².